The fraction of sp³-hybridized carbons (Fsp3) is 0.318. The second kappa shape index (κ2) is 7.84. The van der Waals surface area contributed by atoms with Crippen LogP contribution < -0.4 is 5.32 Å². The van der Waals surface area contributed by atoms with Crippen molar-refractivity contribution in [2.75, 3.05) is 18.4 Å². The minimum absolute atomic E-state index is 0.134. The lowest BCUT2D eigenvalue weighted by Crippen LogP contribution is -2.25. The van der Waals surface area contributed by atoms with Gasteiger partial charge in [-0.2, -0.15) is 5.10 Å². The lowest BCUT2D eigenvalue weighted by atomic mass is 9.97. The van der Waals surface area contributed by atoms with Gasteiger partial charge in [-0.15, -0.1) is 0 Å². The van der Waals surface area contributed by atoms with Crippen LogP contribution in [-0.4, -0.2) is 39.1 Å². The number of pyridine rings is 1. The van der Waals surface area contributed by atoms with Crippen molar-refractivity contribution in [2.24, 2.45) is 0 Å². The summed E-state index contributed by atoms with van der Waals surface area (Å²) in [6, 6.07) is 12.4. The van der Waals surface area contributed by atoms with Gasteiger partial charge in [-0.1, -0.05) is 24.3 Å². The number of H-pyrrole nitrogens is 1. The highest BCUT2D eigenvalue weighted by Gasteiger charge is 2.28. The molecule has 3 aromatic rings. The van der Waals surface area contributed by atoms with E-state index in [1.807, 2.05) is 29.4 Å². The molecule has 6 nitrogen and oxygen atoms in total. The molecule has 28 heavy (non-hydrogen) atoms. The standard InChI is InChI=1S/C22H25N5O/c1-15-5-3-4-6-18(15)12-24-21-11-17(7-9-23-21)20-13-25-26-22(20)19-8-10-27(14-19)16(2)28/h3-7,9,11,13,19H,8,10,12,14H2,1-2H3,(H,23,24)(H,25,26)/t19-/m0/s1. The van der Waals surface area contributed by atoms with Gasteiger partial charge < -0.3 is 10.2 Å². The first kappa shape index (κ1) is 18.2. The number of aromatic amines is 1. The third-order valence-corrected chi connectivity index (χ3v) is 5.50. The number of amides is 1. The number of hydrogen-bond acceptors (Lipinski definition) is 4. The van der Waals surface area contributed by atoms with E-state index in [4.69, 9.17) is 0 Å². The van der Waals surface area contributed by atoms with Crippen molar-refractivity contribution in [1.82, 2.24) is 20.1 Å². The first-order valence-electron chi connectivity index (χ1n) is 9.65. The minimum atomic E-state index is 0.134. The van der Waals surface area contributed by atoms with Gasteiger partial charge in [-0.3, -0.25) is 9.89 Å². The molecule has 1 aromatic carbocycles. The molecule has 0 unspecified atom stereocenters. The number of carbonyl (C=O) groups excluding carboxylic acids is 1. The van der Waals surface area contributed by atoms with Crippen LogP contribution in [-0.2, 0) is 11.3 Å². The first-order valence-corrected chi connectivity index (χ1v) is 9.65. The molecule has 1 aliphatic rings. The predicted molar refractivity (Wildman–Crippen MR) is 110 cm³/mol. The van der Waals surface area contributed by atoms with Crippen molar-refractivity contribution in [2.45, 2.75) is 32.7 Å². The number of aromatic nitrogens is 3. The fourth-order valence-corrected chi connectivity index (χ4v) is 3.81. The number of benzene rings is 1. The molecule has 1 amide bonds. The van der Waals surface area contributed by atoms with E-state index in [1.54, 1.807) is 6.92 Å². The molecule has 6 heteroatoms. The number of hydrogen-bond donors (Lipinski definition) is 2. The minimum Gasteiger partial charge on any atom is -0.366 e. The Balaban J connectivity index is 1.52. The van der Waals surface area contributed by atoms with Gasteiger partial charge in [0.15, 0.2) is 0 Å². The fourth-order valence-electron chi connectivity index (χ4n) is 3.81. The molecule has 1 aliphatic heterocycles. The van der Waals surface area contributed by atoms with Crippen LogP contribution in [0.4, 0.5) is 5.82 Å². The summed E-state index contributed by atoms with van der Waals surface area (Å²) in [6.07, 6.45) is 4.65. The van der Waals surface area contributed by atoms with E-state index in [0.29, 0.717) is 0 Å². The molecule has 0 aliphatic carbocycles. The van der Waals surface area contributed by atoms with Gasteiger partial charge in [0.05, 0.1) is 6.20 Å². The van der Waals surface area contributed by atoms with Gasteiger partial charge >= 0.3 is 0 Å². The van der Waals surface area contributed by atoms with Gasteiger partial charge in [0.2, 0.25) is 5.91 Å². The third kappa shape index (κ3) is 3.76. The molecule has 3 heterocycles. The molecule has 144 valence electrons. The van der Waals surface area contributed by atoms with Crippen LogP contribution >= 0.6 is 0 Å². The Labute approximate surface area is 165 Å². The van der Waals surface area contributed by atoms with Crippen LogP contribution in [0.2, 0.25) is 0 Å². The SMILES string of the molecule is CC(=O)N1CC[C@H](c2[nH]ncc2-c2ccnc(NCc3ccccc3C)c2)C1. The van der Waals surface area contributed by atoms with Crippen molar-refractivity contribution in [3.8, 4) is 11.1 Å². The Hall–Kier alpha value is -3.15. The van der Waals surface area contributed by atoms with Crippen molar-refractivity contribution >= 4 is 11.7 Å². The average Bonchev–Trinajstić information content (AvgIpc) is 3.37. The Kier molecular flexibility index (Phi) is 5.10. The Morgan fingerprint density at radius 1 is 1.32 bits per heavy atom. The number of nitrogens with one attached hydrogen (secondary N) is 2. The maximum absolute atomic E-state index is 11.7. The monoisotopic (exact) mass is 375 g/mol. The topological polar surface area (TPSA) is 73.9 Å². The van der Waals surface area contributed by atoms with Gasteiger partial charge in [0, 0.05) is 49.9 Å². The van der Waals surface area contributed by atoms with Crippen LogP contribution in [0, 0.1) is 6.92 Å². The summed E-state index contributed by atoms with van der Waals surface area (Å²) in [7, 11) is 0. The average molecular weight is 375 g/mol. The van der Waals surface area contributed by atoms with Crippen molar-refractivity contribution < 1.29 is 4.79 Å². The van der Waals surface area contributed by atoms with E-state index < -0.39 is 0 Å². The molecule has 1 atom stereocenters. The maximum Gasteiger partial charge on any atom is 0.219 e. The van der Waals surface area contributed by atoms with Crippen LogP contribution in [0.25, 0.3) is 11.1 Å². The van der Waals surface area contributed by atoms with Gasteiger partial charge in [0.1, 0.15) is 5.82 Å². The molecule has 2 aromatic heterocycles. The Morgan fingerprint density at radius 3 is 2.96 bits per heavy atom. The van der Waals surface area contributed by atoms with Crippen LogP contribution in [0.15, 0.2) is 48.8 Å². The van der Waals surface area contributed by atoms with Gasteiger partial charge in [-0.25, -0.2) is 4.98 Å². The van der Waals surface area contributed by atoms with E-state index in [2.05, 4.69) is 51.7 Å². The molecule has 0 spiro atoms. The second-order valence-electron chi connectivity index (χ2n) is 7.36. The Bertz CT molecular complexity index is 980. The van der Waals surface area contributed by atoms with E-state index >= 15 is 0 Å². The zero-order valence-electron chi connectivity index (χ0n) is 16.3. The molecule has 0 saturated carbocycles. The molecular formula is C22H25N5O. The second-order valence-corrected chi connectivity index (χ2v) is 7.36. The summed E-state index contributed by atoms with van der Waals surface area (Å²) in [4.78, 5) is 18.0. The smallest absolute Gasteiger partial charge is 0.219 e. The number of nitrogens with zero attached hydrogens (tertiary/aromatic N) is 3. The quantitative estimate of drug-likeness (QED) is 0.713. The van der Waals surface area contributed by atoms with Gasteiger partial charge in [-0.05, 0) is 42.2 Å². The zero-order chi connectivity index (χ0) is 19.5. The van der Waals surface area contributed by atoms with E-state index in [1.165, 1.54) is 11.1 Å². The molecule has 1 fully saturated rings. The summed E-state index contributed by atoms with van der Waals surface area (Å²) in [5.74, 6) is 1.26. The number of likely N-dealkylation sites (tertiary alicyclic amines) is 1. The van der Waals surface area contributed by atoms with Gasteiger partial charge in [0.25, 0.3) is 0 Å². The summed E-state index contributed by atoms with van der Waals surface area (Å²) in [5.41, 5.74) is 5.78. The number of aryl methyl sites for hydroxylation is 1. The predicted octanol–water partition coefficient (Wildman–Crippen LogP) is 3.73. The lowest BCUT2D eigenvalue weighted by Gasteiger charge is -2.14. The maximum atomic E-state index is 11.7. The lowest BCUT2D eigenvalue weighted by molar-refractivity contribution is -0.127. The molecule has 4 rings (SSSR count). The van der Waals surface area contributed by atoms with Crippen molar-refractivity contribution in [3.63, 3.8) is 0 Å². The largest absolute Gasteiger partial charge is 0.366 e. The van der Waals surface area contributed by atoms with E-state index in [0.717, 1.165) is 48.7 Å². The van der Waals surface area contributed by atoms with Crippen LogP contribution in [0.1, 0.15) is 36.1 Å². The molecule has 1 saturated heterocycles. The highest BCUT2D eigenvalue weighted by atomic mass is 16.2. The van der Waals surface area contributed by atoms with E-state index in [9.17, 15) is 4.79 Å². The zero-order valence-corrected chi connectivity index (χ0v) is 16.3. The highest BCUT2D eigenvalue weighted by molar-refractivity contribution is 5.74. The van der Waals surface area contributed by atoms with E-state index in [-0.39, 0.29) is 11.8 Å². The van der Waals surface area contributed by atoms with Crippen LogP contribution in [0.5, 0.6) is 0 Å². The first-order chi connectivity index (χ1) is 13.6. The number of carbonyl (C=O) groups is 1. The van der Waals surface area contributed by atoms with Crippen molar-refractivity contribution in [3.05, 3.63) is 65.6 Å². The Morgan fingerprint density at radius 2 is 2.18 bits per heavy atom. The molecule has 0 bridgehead atoms. The van der Waals surface area contributed by atoms with Crippen LogP contribution in [0.3, 0.4) is 0 Å². The number of anilines is 1. The highest BCUT2D eigenvalue weighted by Crippen LogP contribution is 2.33. The molecule has 0 radical (unpaired) electrons. The summed E-state index contributed by atoms with van der Waals surface area (Å²) < 4.78 is 0. The normalized spacial score (nSPS) is 16.4. The molecular weight excluding hydrogens is 350 g/mol. The summed E-state index contributed by atoms with van der Waals surface area (Å²) in [5, 5.41) is 10.9. The summed E-state index contributed by atoms with van der Waals surface area (Å²) >= 11 is 0. The summed E-state index contributed by atoms with van der Waals surface area (Å²) in [6.45, 7) is 6.03. The van der Waals surface area contributed by atoms with Crippen molar-refractivity contribution in [1.29, 1.82) is 0 Å². The third-order valence-electron chi connectivity index (χ3n) is 5.50. The number of rotatable bonds is 5. The molecule has 2 N–H and O–H groups in total.